The average molecular weight is 461 g/mol. The van der Waals surface area contributed by atoms with Gasteiger partial charge in [0, 0.05) is 18.5 Å². The lowest BCUT2D eigenvalue weighted by atomic mass is 9.89. The standard InChI is InChI=1S/C19H31N3O2.HI/c1-4-20-18(22-13-19(3)14-24-15-19)21-10-16(2)11-23-12-17-8-6-5-7-9-17;/h5-9,16H,4,10-15H2,1-3H3,(H2,20,21,22);1H. The molecule has 1 heterocycles. The minimum atomic E-state index is 0. The lowest BCUT2D eigenvalue weighted by molar-refractivity contribution is -0.0945. The van der Waals surface area contributed by atoms with Gasteiger partial charge in [-0.25, -0.2) is 0 Å². The van der Waals surface area contributed by atoms with Crippen LogP contribution in [-0.2, 0) is 16.1 Å². The van der Waals surface area contributed by atoms with Crippen molar-refractivity contribution in [2.45, 2.75) is 27.4 Å². The summed E-state index contributed by atoms with van der Waals surface area (Å²) in [5, 5.41) is 6.71. The van der Waals surface area contributed by atoms with Gasteiger partial charge in [-0.15, -0.1) is 24.0 Å². The van der Waals surface area contributed by atoms with Crippen molar-refractivity contribution < 1.29 is 9.47 Å². The summed E-state index contributed by atoms with van der Waals surface area (Å²) in [7, 11) is 0. The van der Waals surface area contributed by atoms with Crippen LogP contribution in [-0.4, -0.2) is 45.4 Å². The van der Waals surface area contributed by atoms with Gasteiger partial charge in [-0.1, -0.05) is 44.2 Å². The van der Waals surface area contributed by atoms with Crippen molar-refractivity contribution in [3.8, 4) is 0 Å². The van der Waals surface area contributed by atoms with Crippen LogP contribution in [0.2, 0.25) is 0 Å². The molecule has 0 aliphatic carbocycles. The van der Waals surface area contributed by atoms with Crippen LogP contribution < -0.4 is 10.6 Å². The summed E-state index contributed by atoms with van der Waals surface area (Å²) in [4.78, 5) is 4.68. The van der Waals surface area contributed by atoms with E-state index >= 15 is 0 Å². The molecule has 0 amide bonds. The van der Waals surface area contributed by atoms with Gasteiger partial charge in [0.25, 0.3) is 0 Å². The Morgan fingerprint density at radius 2 is 2.00 bits per heavy atom. The maximum atomic E-state index is 5.80. The quantitative estimate of drug-likeness (QED) is 0.337. The summed E-state index contributed by atoms with van der Waals surface area (Å²) < 4.78 is 11.1. The van der Waals surface area contributed by atoms with E-state index in [0.717, 1.165) is 45.4 Å². The van der Waals surface area contributed by atoms with Crippen LogP contribution in [0.4, 0.5) is 0 Å². The summed E-state index contributed by atoms with van der Waals surface area (Å²) >= 11 is 0. The molecule has 2 rings (SSSR count). The number of ether oxygens (including phenoxy) is 2. The molecule has 1 aromatic carbocycles. The molecule has 0 aromatic heterocycles. The highest BCUT2D eigenvalue weighted by atomic mass is 127. The van der Waals surface area contributed by atoms with Gasteiger partial charge in [-0.3, -0.25) is 4.99 Å². The van der Waals surface area contributed by atoms with Gasteiger partial charge in [0.05, 0.1) is 33.0 Å². The Bertz CT molecular complexity index is 507. The fraction of sp³-hybridized carbons (Fsp3) is 0.632. The van der Waals surface area contributed by atoms with Gasteiger partial charge in [-0.05, 0) is 18.4 Å². The van der Waals surface area contributed by atoms with Gasteiger partial charge in [-0.2, -0.15) is 0 Å². The lowest BCUT2D eigenvalue weighted by Crippen LogP contribution is -2.45. The second-order valence-corrected chi connectivity index (χ2v) is 6.99. The summed E-state index contributed by atoms with van der Waals surface area (Å²) in [6.45, 7) is 12.0. The molecule has 0 spiro atoms. The van der Waals surface area contributed by atoms with Crippen LogP contribution in [0.15, 0.2) is 35.3 Å². The molecular weight excluding hydrogens is 429 g/mol. The van der Waals surface area contributed by atoms with E-state index in [1.807, 2.05) is 18.2 Å². The van der Waals surface area contributed by atoms with E-state index in [0.29, 0.717) is 12.5 Å². The van der Waals surface area contributed by atoms with Crippen molar-refractivity contribution >= 4 is 29.9 Å². The van der Waals surface area contributed by atoms with Crippen molar-refractivity contribution in [2.75, 3.05) is 39.5 Å². The first-order valence-electron chi connectivity index (χ1n) is 8.83. The molecule has 1 atom stereocenters. The molecule has 2 N–H and O–H groups in total. The van der Waals surface area contributed by atoms with Gasteiger partial charge < -0.3 is 20.1 Å². The van der Waals surface area contributed by atoms with E-state index in [2.05, 4.69) is 48.5 Å². The summed E-state index contributed by atoms with van der Waals surface area (Å²) in [6.07, 6.45) is 0. The monoisotopic (exact) mass is 461 g/mol. The zero-order valence-corrected chi connectivity index (χ0v) is 17.9. The zero-order chi connectivity index (χ0) is 17.3. The van der Waals surface area contributed by atoms with Gasteiger partial charge in [0.15, 0.2) is 5.96 Å². The van der Waals surface area contributed by atoms with Crippen LogP contribution in [0.5, 0.6) is 0 Å². The summed E-state index contributed by atoms with van der Waals surface area (Å²) in [6, 6.07) is 10.3. The Morgan fingerprint density at radius 3 is 2.60 bits per heavy atom. The van der Waals surface area contributed by atoms with E-state index in [9.17, 15) is 0 Å². The topological polar surface area (TPSA) is 54.9 Å². The fourth-order valence-corrected chi connectivity index (χ4v) is 2.44. The van der Waals surface area contributed by atoms with E-state index in [1.165, 1.54) is 5.56 Å². The molecule has 1 fully saturated rings. The zero-order valence-electron chi connectivity index (χ0n) is 15.6. The van der Waals surface area contributed by atoms with Gasteiger partial charge in [0.1, 0.15) is 0 Å². The second kappa shape index (κ2) is 11.7. The number of hydrogen-bond acceptors (Lipinski definition) is 3. The smallest absolute Gasteiger partial charge is 0.191 e. The Morgan fingerprint density at radius 1 is 1.28 bits per heavy atom. The number of guanidine groups is 1. The molecule has 0 radical (unpaired) electrons. The first-order valence-corrected chi connectivity index (χ1v) is 8.83. The lowest BCUT2D eigenvalue weighted by Gasteiger charge is -2.36. The number of hydrogen-bond donors (Lipinski definition) is 2. The van der Waals surface area contributed by atoms with Crippen molar-refractivity contribution in [1.82, 2.24) is 10.6 Å². The molecule has 1 aliphatic rings. The van der Waals surface area contributed by atoms with E-state index < -0.39 is 0 Å². The third-order valence-electron chi connectivity index (χ3n) is 4.00. The molecule has 0 saturated carbocycles. The third-order valence-corrected chi connectivity index (χ3v) is 4.00. The van der Waals surface area contributed by atoms with Gasteiger partial charge >= 0.3 is 0 Å². The molecule has 142 valence electrons. The number of rotatable bonds is 9. The van der Waals surface area contributed by atoms with Crippen LogP contribution >= 0.6 is 24.0 Å². The van der Waals surface area contributed by atoms with Gasteiger partial charge in [0.2, 0.25) is 0 Å². The SMILES string of the molecule is CCNC(=NCC1(C)COC1)NCC(C)COCc1ccccc1.I. The normalized spacial score (nSPS) is 17.2. The Kier molecular flexibility index (Phi) is 10.4. The molecule has 0 bridgehead atoms. The van der Waals surface area contributed by atoms with Crippen LogP contribution in [0.1, 0.15) is 26.3 Å². The van der Waals surface area contributed by atoms with Crippen molar-refractivity contribution in [3.63, 3.8) is 0 Å². The average Bonchev–Trinajstić information content (AvgIpc) is 2.56. The molecule has 6 heteroatoms. The van der Waals surface area contributed by atoms with Crippen molar-refractivity contribution in [3.05, 3.63) is 35.9 Å². The van der Waals surface area contributed by atoms with Crippen molar-refractivity contribution in [1.29, 1.82) is 0 Å². The predicted octanol–water partition coefficient (Wildman–Crippen LogP) is 3.05. The second-order valence-electron chi connectivity index (χ2n) is 6.99. The minimum absolute atomic E-state index is 0. The largest absolute Gasteiger partial charge is 0.380 e. The maximum Gasteiger partial charge on any atom is 0.191 e. The number of benzene rings is 1. The molecule has 25 heavy (non-hydrogen) atoms. The number of nitrogens with zero attached hydrogens (tertiary/aromatic N) is 1. The van der Waals surface area contributed by atoms with E-state index in [1.54, 1.807) is 0 Å². The maximum absolute atomic E-state index is 5.80. The molecule has 1 aliphatic heterocycles. The number of halogens is 1. The van der Waals surface area contributed by atoms with E-state index in [-0.39, 0.29) is 29.4 Å². The molecule has 5 nitrogen and oxygen atoms in total. The minimum Gasteiger partial charge on any atom is -0.380 e. The molecule has 1 unspecified atom stereocenters. The number of nitrogens with one attached hydrogen (secondary N) is 2. The Labute approximate surface area is 169 Å². The number of aliphatic imine (C=N–C) groups is 1. The predicted molar refractivity (Wildman–Crippen MR) is 114 cm³/mol. The first-order chi connectivity index (χ1) is 11.6. The molecular formula is C19H32IN3O2. The first kappa shape index (κ1) is 22.2. The highest BCUT2D eigenvalue weighted by molar-refractivity contribution is 14.0. The Balaban J connectivity index is 0.00000312. The molecule has 1 saturated heterocycles. The fourth-order valence-electron chi connectivity index (χ4n) is 2.44. The highest BCUT2D eigenvalue weighted by Crippen LogP contribution is 2.26. The Hall–Kier alpha value is -0.860. The van der Waals surface area contributed by atoms with Crippen molar-refractivity contribution in [2.24, 2.45) is 16.3 Å². The summed E-state index contributed by atoms with van der Waals surface area (Å²) in [5.41, 5.74) is 1.41. The van der Waals surface area contributed by atoms with Crippen LogP contribution in [0, 0.1) is 11.3 Å². The van der Waals surface area contributed by atoms with Crippen LogP contribution in [0.3, 0.4) is 0 Å². The summed E-state index contributed by atoms with van der Waals surface area (Å²) in [5.74, 6) is 1.29. The van der Waals surface area contributed by atoms with E-state index in [4.69, 9.17) is 9.47 Å². The third kappa shape index (κ3) is 8.37. The van der Waals surface area contributed by atoms with Crippen LogP contribution in [0.25, 0.3) is 0 Å². The molecule has 1 aromatic rings. The highest BCUT2D eigenvalue weighted by Gasteiger charge is 2.33.